The summed E-state index contributed by atoms with van der Waals surface area (Å²) in [5, 5.41) is 19.5. The number of nitrogens with two attached hydrogens (primary N) is 2. The standard InChI is InChI=1S/C12H12N2O3S/c13-7-3-1-5-9(11(7)15)18(17)10-6-2-4-8(14)12(10)16/h1-6,15-16H,13-14H2. The van der Waals surface area contributed by atoms with E-state index in [4.69, 9.17) is 11.5 Å². The zero-order valence-corrected chi connectivity index (χ0v) is 10.1. The Morgan fingerprint density at radius 1 is 0.833 bits per heavy atom. The van der Waals surface area contributed by atoms with Crippen molar-refractivity contribution >= 4 is 22.2 Å². The van der Waals surface area contributed by atoms with Gasteiger partial charge in [0, 0.05) is 0 Å². The van der Waals surface area contributed by atoms with Crippen LogP contribution in [0.5, 0.6) is 11.5 Å². The summed E-state index contributed by atoms with van der Waals surface area (Å²) >= 11 is 0. The molecule has 2 aromatic carbocycles. The average Bonchev–Trinajstić information content (AvgIpc) is 2.35. The second kappa shape index (κ2) is 4.58. The van der Waals surface area contributed by atoms with Crippen LogP contribution in [0.15, 0.2) is 46.2 Å². The van der Waals surface area contributed by atoms with E-state index in [1.807, 2.05) is 0 Å². The monoisotopic (exact) mass is 264 g/mol. The Kier molecular flexibility index (Phi) is 3.12. The zero-order chi connectivity index (χ0) is 13.3. The van der Waals surface area contributed by atoms with Crippen LogP contribution in [0.4, 0.5) is 11.4 Å². The Balaban J connectivity index is 2.55. The van der Waals surface area contributed by atoms with Crippen LogP contribution >= 0.6 is 0 Å². The normalized spacial score (nSPS) is 10.7. The van der Waals surface area contributed by atoms with Crippen molar-refractivity contribution < 1.29 is 14.4 Å². The summed E-state index contributed by atoms with van der Waals surface area (Å²) in [5.74, 6) is -0.504. The first-order valence-corrected chi connectivity index (χ1v) is 6.24. The summed E-state index contributed by atoms with van der Waals surface area (Å²) in [4.78, 5) is 0.270. The van der Waals surface area contributed by atoms with Crippen LogP contribution in [0.25, 0.3) is 0 Å². The first kappa shape index (κ1) is 12.3. The molecule has 0 fully saturated rings. The topological polar surface area (TPSA) is 110 Å². The number of anilines is 2. The number of hydrogen-bond acceptors (Lipinski definition) is 5. The SMILES string of the molecule is Nc1cccc(S(=O)c2cccc(N)c2O)c1O. The van der Waals surface area contributed by atoms with Crippen LogP contribution < -0.4 is 11.5 Å². The molecular formula is C12H12N2O3S. The van der Waals surface area contributed by atoms with E-state index in [0.717, 1.165) is 0 Å². The van der Waals surface area contributed by atoms with Gasteiger partial charge in [-0.25, -0.2) is 4.21 Å². The highest BCUT2D eigenvalue weighted by atomic mass is 32.2. The molecule has 0 aliphatic rings. The van der Waals surface area contributed by atoms with Gasteiger partial charge in [0.05, 0.1) is 32.0 Å². The molecule has 0 bridgehead atoms. The van der Waals surface area contributed by atoms with E-state index in [9.17, 15) is 14.4 Å². The Labute approximate surface area is 106 Å². The van der Waals surface area contributed by atoms with E-state index in [0.29, 0.717) is 0 Å². The van der Waals surface area contributed by atoms with Crippen molar-refractivity contribution in [3.05, 3.63) is 36.4 Å². The van der Waals surface area contributed by atoms with Crippen molar-refractivity contribution in [3.63, 3.8) is 0 Å². The molecule has 18 heavy (non-hydrogen) atoms. The number of para-hydroxylation sites is 2. The molecule has 0 unspecified atom stereocenters. The van der Waals surface area contributed by atoms with Gasteiger partial charge in [0.2, 0.25) is 0 Å². The van der Waals surface area contributed by atoms with Gasteiger partial charge in [-0.3, -0.25) is 0 Å². The van der Waals surface area contributed by atoms with Crippen LogP contribution in [0.2, 0.25) is 0 Å². The average molecular weight is 264 g/mol. The van der Waals surface area contributed by atoms with Crippen molar-refractivity contribution in [2.45, 2.75) is 9.79 Å². The lowest BCUT2D eigenvalue weighted by Gasteiger charge is -2.09. The van der Waals surface area contributed by atoms with Gasteiger partial charge >= 0.3 is 0 Å². The van der Waals surface area contributed by atoms with Gasteiger partial charge in [-0.2, -0.15) is 0 Å². The third-order valence-electron chi connectivity index (χ3n) is 2.46. The summed E-state index contributed by atoms with van der Waals surface area (Å²) in [6, 6.07) is 9.09. The number of hydrogen-bond donors (Lipinski definition) is 4. The number of nitrogen functional groups attached to an aromatic ring is 2. The Bertz CT molecular complexity index is 575. The fourth-order valence-corrected chi connectivity index (χ4v) is 2.72. The molecule has 0 amide bonds. The fraction of sp³-hybridized carbons (Fsp3) is 0. The molecule has 0 spiro atoms. The van der Waals surface area contributed by atoms with Crippen molar-refractivity contribution in [2.75, 3.05) is 11.5 Å². The lowest BCUT2D eigenvalue weighted by Crippen LogP contribution is -1.98. The van der Waals surface area contributed by atoms with E-state index >= 15 is 0 Å². The first-order chi connectivity index (χ1) is 8.52. The summed E-state index contributed by atoms with van der Waals surface area (Å²) in [7, 11) is -1.75. The lowest BCUT2D eigenvalue weighted by molar-refractivity contribution is 0.460. The van der Waals surface area contributed by atoms with Gasteiger partial charge in [-0.15, -0.1) is 0 Å². The molecule has 2 rings (SSSR count). The maximum atomic E-state index is 12.3. The van der Waals surface area contributed by atoms with Crippen molar-refractivity contribution in [2.24, 2.45) is 0 Å². The number of phenols is 2. The quantitative estimate of drug-likeness (QED) is 0.484. The fourth-order valence-electron chi connectivity index (χ4n) is 1.50. The van der Waals surface area contributed by atoms with E-state index in [1.54, 1.807) is 12.1 Å². The molecule has 0 aromatic heterocycles. The Hall–Kier alpha value is -2.21. The zero-order valence-electron chi connectivity index (χ0n) is 9.33. The molecular weight excluding hydrogens is 252 g/mol. The molecule has 0 aliphatic carbocycles. The number of phenolic OH excluding ortho intramolecular Hbond substituents is 2. The van der Waals surface area contributed by atoms with Gasteiger partial charge in [-0.1, -0.05) is 12.1 Å². The number of aromatic hydroxyl groups is 2. The smallest absolute Gasteiger partial charge is 0.154 e. The van der Waals surface area contributed by atoms with E-state index < -0.39 is 10.8 Å². The molecule has 0 heterocycles. The third-order valence-corrected chi connectivity index (χ3v) is 3.92. The predicted molar refractivity (Wildman–Crippen MR) is 69.7 cm³/mol. The molecule has 94 valence electrons. The van der Waals surface area contributed by atoms with Crippen LogP contribution in [0.3, 0.4) is 0 Å². The van der Waals surface area contributed by atoms with E-state index in [1.165, 1.54) is 24.3 Å². The second-order valence-electron chi connectivity index (χ2n) is 3.66. The molecule has 5 nitrogen and oxygen atoms in total. The molecule has 0 saturated carbocycles. The third kappa shape index (κ3) is 1.98. The van der Waals surface area contributed by atoms with Crippen molar-refractivity contribution in [1.29, 1.82) is 0 Å². The van der Waals surface area contributed by atoms with Crippen LogP contribution in [0, 0.1) is 0 Å². The minimum Gasteiger partial charge on any atom is -0.505 e. The molecule has 0 saturated heterocycles. The summed E-state index contributed by atoms with van der Waals surface area (Å²) in [6.07, 6.45) is 0. The highest BCUT2D eigenvalue weighted by Crippen LogP contribution is 2.35. The maximum absolute atomic E-state index is 12.3. The summed E-state index contributed by atoms with van der Waals surface area (Å²) in [5.41, 5.74) is 11.3. The molecule has 0 atom stereocenters. The van der Waals surface area contributed by atoms with Crippen LogP contribution in [-0.2, 0) is 10.8 Å². The molecule has 2 aromatic rings. The molecule has 6 N–H and O–H groups in total. The van der Waals surface area contributed by atoms with Crippen molar-refractivity contribution in [1.82, 2.24) is 0 Å². The largest absolute Gasteiger partial charge is 0.505 e. The van der Waals surface area contributed by atoms with E-state index in [2.05, 4.69) is 0 Å². The molecule has 0 aliphatic heterocycles. The lowest BCUT2D eigenvalue weighted by atomic mass is 10.3. The van der Waals surface area contributed by atoms with Gasteiger partial charge in [-0.05, 0) is 24.3 Å². The van der Waals surface area contributed by atoms with Crippen LogP contribution in [0.1, 0.15) is 0 Å². The Morgan fingerprint density at radius 2 is 1.22 bits per heavy atom. The minimum atomic E-state index is -1.75. The van der Waals surface area contributed by atoms with E-state index in [-0.39, 0.29) is 32.7 Å². The maximum Gasteiger partial charge on any atom is 0.154 e. The second-order valence-corrected chi connectivity index (χ2v) is 5.07. The predicted octanol–water partition coefficient (Wildman–Crippen LogP) is 1.43. The van der Waals surface area contributed by atoms with Gasteiger partial charge in [0.1, 0.15) is 0 Å². The molecule has 6 heteroatoms. The summed E-state index contributed by atoms with van der Waals surface area (Å²) < 4.78 is 12.3. The van der Waals surface area contributed by atoms with Gasteiger partial charge in [0.15, 0.2) is 11.5 Å². The number of rotatable bonds is 2. The van der Waals surface area contributed by atoms with Crippen molar-refractivity contribution in [3.8, 4) is 11.5 Å². The van der Waals surface area contributed by atoms with Crippen LogP contribution in [-0.4, -0.2) is 14.4 Å². The highest BCUT2D eigenvalue weighted by Gasteiger charge is 2.17. The van der Waals surface area contributed by atoms with Gasteiger partial charge < -0.3 is 21.7 Å². The summed E-state index contributed by atoms with van der Waals surface area (Å²) in [6.45, 7) is 0. The number of benzene rings is 2. The first-order valence-electron chi connectivity index (χ1n) is 5.09. The minimum absolute atomic E-state index is 0.129. The Morgan fingerprint density at radius 3 is 1.61 bits per heavy atom. The van der Waals surface area contributed by atoms with Gasteiger partial charge in [0.25, 0.3) is 0 Å². The molecule has 0 radical (unpaired) electrons. The highest BCUT2D eigenvalue weighted by molar-refractivity contribution is 7.85.